The predicted molar refractivity (Wildman–Crippen MR) is 132 cm³/mol. The van der Waals surface area contributed by atoms with E-state index < -0.39 is 12.1 Å². The summed E-state index contributed by atoms with van der Waals surface area (Å²) in [6.45, 7) is 0.482. The Morgan fingerprint density at radius 1 is 1.05 bits per heavy atom. The maximum absolute atomic E-state index is 13.3. The van der Waals surface area contributed by atoms with E-state index in [0.29, 0.717) is 29.9 Å². The van der Waals surface area contributed by atoms with Crippen LogP contribution in [0.2, 0.25) is 0 Å². The van der Waals surface area contributed by atoms with Gasteiger partial charge in [0.15, 0.2) is 6.39 Å². The number of nitrogens with one attached hydrogen (secondary N) is 1. The van der Waals surface area contributed by atoms with Crippen LogP contribution in [0.3, 0.4) is 0 Å². The second-order valence-corrected chi connectivity index (χ2v) is 8.17. The van der Waals surface area contributed by atoms with Crippen molar-refractivity contribution in [2.75, 3.05) is 6.54 Å². The molecule has 0 unspecified atom stereocenters. The summed E-state index contributed by atoms with van der Waals surface area (Å²) in [4.78, 5) is 30.3. The third kappa shape index (κ3) is 6.66. The zero-order valence-electron chi connectivity index (χ0n) is 20.0. The summed E-state index contributed by atoms with van der Waals surface area (Å²) in [6, 6.07) is 15.8. The highest BCUT2D eigenvalue weighted by Crippen LogP contribution is 2.29. The van der Waals surface area contributed by atoms with Crippen molar-refractivity contribution >= 4 is 17.4 Å². The molecule has 0 saturated heterocycles. The molecular formula is C27H20F4N4O4. The molecule has 0 radical (unpaired) electrons. The van der Waals surface area contributed by atoms with Crippen molar-refractivity contribution in [3.63, 3.8) is 0 Å². The maximum atomic E-state index is 13.3. The molecule has 0 bridgehead atoms. The van der Waals surface area contributed by atoms with Crippen LogP contribution in [0.15, 0.2) is 90.3 Å². The van der Waals surface area contributed by atoms with Gasteiger partial charge in [0.1, 0.15) is 17.8 Å². The number of hydrogen-bond donors (Lipinski definition) is 2. The fraction of sp³-hybridized carbons (Fsp3) is 0.111. The molecule has 12 heteroatoms. The molecule has 1 amide bonds. The lowest BCUT2D eigenvalue weighted by molar-refractivity contribution is -0.192. The van der Waals surface area contributed by atoms with E-state index in [1.54, 1.807) is 24.5 Å². The van der Waals surface area contributed by atoms with Crippen LogP contribution in [0.4, 0.5) is 17.6 Å². The van der Waals surface area contributed by atoms with Crippen molar-refractivity contribution < 1.29 is 36.7 Å². The van der Waals surface area contributed by atoms with Crippen LogP contribution in [0, 0.1) is 5.82 Å². The number of pyridine rings is 2. The first kappa shape index (κ1) is 27.0. The first-order valence-electron chi connectivity index (χ1n) is 11.4. The van der Waals surface area contributed by atoms with E-state index in [-0.39, 0.29) is 11.7 Å². The van der Waals surface area contributed by atoms with Crippen LogP contribution in [-0.4, -0.2) is 44.1 Å². The number of carbonyl (C=O) groups excluding carboxylic acids is 1. The molecule has 0 aliphatic carbocycles. The topological polar surface area (TPSA) is 110 Å². The van der Waals surface area contributed by atoms with Crippen LogP contribution >= 0.6 is 0 Å². The number of alkyl halides is 3. The molecule has 0 aliphatic rings. The molecule has 0 fully saturated rings. The Kier molecular flexibility index (Phi) is 8.04. The molecule has 0 saturated carbocycles. The molecule has 200 valence electrons. The number of nitrogens with zero attached hydrogens (tertiary/aromatic N) is 3. The second kappa shape index (κ2) is 11.6. The van der Waals surface area contributed by atoms with Crippen LogP contribution in [0.1, 0.15) is 15.9 Å². The number of hydrogen-bond acceptors (Lipinski definition) is 5. The predicted octanol–water partition coefficient (Wildman–Crippen LogP) is 5.40. The first-order valence-corrected chi connectivity index (χ1v) is 11.4. The zero-order chi connectivity index (χ0) is 28.0. The first-order chi connectivity index (χ1) is 18.6. The number of rotatable bonds is 6. The summed E-state index contributed by atoms with van der Waals surface area (Å²) in [5.74, 6) is -3.24. The summed E-state index contributed by atoms with van der Waals surface area (Å²) < 4.78 is 52.2. The number of fused-ring (bicyclic) bond motifs is 1. The number of aromatic nitrogens is 3. The van der Waals surface area contributed by atoms with E-state index in [0.717, 1.165) is 22.2 Å². The van der Waals surface area contributed by atoms with Crippen LogP contribution < -0.4 is 5.32 Å². The summed E-state index contributed by atoms with van der Waals surface area (Å²) in [7, 11) is 0. The number of carboxylic acid groups (broad SMARTS) is 1. The van der Waals surface area contributed by atoms with Gasteiger partial charge in [-0.1, -0.05) is 24.3 Å². The van der Waals surface area contributed by atoms with E-state index in [2.05, 4.69) is 15.3 Å². The lowest BCUT2D eigenvalue weighted by Crippen LogP contribution is -2.26. The van der Waals surface area contributed by atoms with E-state index in [9.17, 15) is 22.4 Å². The fourth-order valence-electron chi connectivity index (χ4n) is 3.71. The van der Waals surface area contributed by atoms with E-state index >= 15 is 0 Å². The minimum absolute atomic E-state index is 0.195. The number of carboxylic acids is 1. The normalized spacial score (nSPS) is 11.1. The number of aliphatic carboxylic acids is 1. The van der Waals surface area contributed by atoms with Gasteiger partial charge in [-0.25, -0.2) is 14.2 Å². The maximum Gasteiger partial charge on any atom is 0.490 e. The van der Waals surface area contributed by atoms with Gasteiger partial charge in [-0.05, 0) is 53.4 Å². The van der Waals surface area contributed by atoms with Gasteiger partial charge < -0.3 is 19.2 Å². The average molecular weight is 540 g/mol. The standard InChI is InChI=1S/C25H19FN4O2.C2HF3O2/c26-20-6-3-18(4-7-20)19-5-8-21-12-22(24(30(21)14-19)23-15-32-16-29-23)25(31)28-11-9-17-2-1-10-27-13-17;3-2(4,5)1(6)7/h1-8,10,12-16H,9,11H2,(H,28,31);(H,6,7). The van der Waals surface area contributed by atoms with Gasteiger partial charge in [-0.2, -0.15) is 13.2 Å². The monoisotopic (exact) mass is 540 g/mol. The van der Waals surface area contributed by atoms with Crippen LogP contribution in [0.25, 0.3) is 28.0 Å². The average Bonchev–Trinajstić information content (AvgIpc) is 3.57. The fourth-order valence-corrected chi connectivity index (χ4v) is 3.71. The van der Waals surface area contributed by atoms with Crippen molar-refractivity contribution in [1.29, 1.82) is 0 Å². The summed E-state index contributed by atoms with van der Waals surface area (Å²) in [5, 5.41) is 10.1. The van der Waals surface area contributed by atoms with Gasteiger partial charge in [0.05, 0.1) is 11.3 Å². The molecule has 0 aliphatic heterocycles. The van der Waals surface area contributed by atoms with E-state index in [4.69, 9.17) is 14.3 Å². The Bertz CT molecular complexity index is 1570. The molecule has 8 nitrogen and oxygen atoms in total. The third-order valence-electron chi connectivity index (χ3n) is 5.53. The minimum Gasteiger partial charge on any atom is -0.475 e. The van der Waals surface area contributed by atoms with Gasteiger partial charge in [-0.3, -0.25) is 9.78 Å². The number of carbonyl (C=O) groups is 2. The Labute approximate surface area is 218 Å². The lowest BCUT2D eigenvalue weighted by atomic mass is 10.1. The summed E-state index contributed by atoms with van der Waals surface area (Å²) >= 11 is 0. The van der Waals surface area contributed by atoms with Crippen molar-refractivity contribution in [3.8, 4) is 22.5 Å². The van der Waals surface area contributed by atoms with Crippen molar-refractivity contribution in [3.05, 3.63) is 103 Å². The molecule has 39 heavy (non-hydrogen) atoms. The number of benzene rings is 1. The third-order valence-corrected chi connectivity index (χ3v) is 5.53. The smallest absolute Gasteiger partial charge is 0.475 e. The highest BCUT2D eigenvalue weighted by molar-refractivity contribution is 6.02. The molecule has 5 aromatic rings. The molecule has 4 heterocycles. The van der Waals surface area contributed by atoms with Crippen LogP contribution in [-0.2, 0) is 11.2 Å². The number of amides is 1. The lowest BCUT2D eigenvalue weighted by Gasteiger charge is -2.08. The van der Waals surface area contributed by atoms with Gasteiger partial charge in [0, 0.05) is 30.7 Å². The number of halogens is 4. The summed E-state index contributed by atoms with van der Waals surface area (Å²) in [6.07, 6.45) is 3.87. The van der Waals surface area contributed by atoms with E-state index in [1.165, 1.54) is 24.8 Å². The second-order valence-electron chi connectivity index (χ2n) is 8.17. The van der Waals surface area contributed by atoms with Crippen molar-refractivity contribution in [2.45, 2.75) is 12.6 Å². The minimum atomic E-state index is -5.08. The molecule has 5 rings (SSSR count). The molecule has 2 N–H and O–H groups in total. The SMILES string of the molecule is O=C(NCCc1cccnc1)c1cc2ccc(-c3ccc(F)cc3)cn2c1-c1cocn1.O=C(O)C(F)(F)F. The quantitative estimate of drug-likeness (QED) is 0.279. The largest absolute Gasteiger partial charge is 0.490 e. The zero-order valence-corrected chi connectivity index (χ0v) is 20.0. The Morgan fingerprint density at radius 3 is 2.38 bits per heavy atom. The molecule has 4 aromatic heterocycles. The van der Waals surface area contributed by atoms with Gasteiger partial charge in [0.25, 0.3) is 5.91 Å². The van der Waals surface area contributed by atoms with Crippen LogP contribution in [0.5, 0.6) is 0 Å². The van der Waals surface area contributed by atoms with E-state index in [1.807, 2.05) is 40.9 Å². The Morgan fingerprint density at radius 2 is 1.77 bits per heavy atom. The Hall–Kier alpha value is -5.00. The molecular weight excluding hydrogens is 520 g/mol. The van der Waals surface area contributed by atoms with Gasteiger partial charge >= 0.3 is 12.1 Å². The van der Waals surface area contributed by atoms with Crippen molar-refractivity contribution in [1.82, 2.24) is 19.7 Å². The molecule has 0 spiro atoms. The van der Waals surface area contributed by atoms with Gasteiger partial charge in [-0.15, -0.1) is 0 Å². The highest BCUT2D eigenvalue weighted by atomic mass is 19.4. The molecule has 1 aromatic carbocycles. The molecule has 0 atom stereocenters. The van der Waals surface area contributed by atoms with Gasteiger partial charge in [0.2, 0.25) is 0 Å². The van der Waals surface area contributed by atoms with Crippen molar-refractivity contribution in [2.24, 2.45) is 0 Å². The Balaban J connectivity index is 0.000000448. The highest BCUT2D eigenvalue weighted by Gasteiger charge is 2.38. The number of oxazole rings is 1. The summed E-state index contributed by atoms with van der Waals surface area (Å²) in [5.41, 5.74) is 5.34.